The van der Waals surface area contributed by atoms with E-state index in [1.54, 1.807) is 0 Å². The Kier molecular flexibility index (Phi) is 2.60. The second-order valence-corrected chi connectivity index (χ2v) is 4.05. The molecule has 16 heavy (non-hydrogen) atoms. The lowest BCUT2D eigenvalue weighted by Gasteiger charge is -2.08. The minimum absolute atomic E-state index is 0.508. The smallest absolute Gasteiger partial charge is 0.149 e. The predicted octanol–water partition coefficient (Wildman–Crippen LogP) is 2.65. The predicted molar refractivity (Wildman–Crippen MR) is 66.1 cm³/mol. The first kappa shape index (κ1) is 10.6. The molecule has 2 aromatic rings. The van der Waals surface area contributed by atoms with Gasteiger partial charge in [0.1, 0.15) is 5.82 Å². The topological polar surface area (TPSA) is 51.8 Å². The first-order valence-electron chi connectivity index (χ1n) is 5.26. The molecule has 0 saturated heterocycles. The second kappa shape index (κ2) is 3.93. The molecular weight excluding hydrogens is 198 g/mol. The molecule has 0 amide bonds. The van der Waals surface area contributed by atoms with Gasteiger partial charge in [0, 0.05) is 5.56 Å². The van der Waals surface area contributed by atoms with Crippen LogP contribution in [-0.2, 0) is 0 Å². The highest BCUT2D eigenvalue weighted by atomic mass is 15.1. The molecule has 0 atom stereocenters. The summed E-state index contributed by atoms with van der Waals surface area (Å²) in [5, 5.41) is 8.13. The zero-order chi connectivity index (χ0) is 11.7. The van der Waals surface area contributed by atoms with Gasteiger partial charge in [-0.05, 0) is 31.9 Å². The van der Waals surface area contributed by atoms with Crippen LogP contribution in [0.5, 0.6) is 0 Å². The summed E-state index contributed by atoms with van der Waals surface area (Å²) in [6, 6.07) is 8.26. The summed E-state index contributed by atoms with van der Waals surface area (Å²) in [6.07, 6.45) is 0. The minimum atomic E-state index is 0.508. The summed E-state index contributed by atoms with van der Waals surface area (Å²) < 4.78 is 0. The number of benzene rings is 1. The molecule has 0 saturated carbocycles. The number of rotatable bonds is 1. The molecule has 1 aromatic carbocycles. The molecule has 2 N–H and O–H groups in total. The summed E-state index contributed by atoms with van der Waals surface area (Å²) in [6.45, 7) is 6.06. The van der Waals surface area contributed by atoms with E-state index in [9.17, 15) is 0 Å². The summed E-state index contributed by atoms with van der Waals surface area (Å²) in [7, 11) is 0. The third-order valence-corrected chi connectivity index (χ3v) is 2.88. The lowest BCUT2D eigenvalue weighted by atomic mass is 10.0. The van der Waals surface area contributed by atoms with E-state index in [1.807, 2.05) is 13.8 Å². The third kappa shape index (κ3) is 1.76. The van der Waals surface area contributed by atoms with Crippen LogP contribution in [0, 0.1) is 20.8 Å². The van der Waals surface area contributed by atoms with Gasteiger partial charge in [-0.3, -0.25) is 0 Å². The molecule has 0 aliphatic carbocycles. The first-order chi connectivity index (χ1) is 7.59. The largest absolute Gasteiger partial charge is 0.382 e. The maximum absolute atomic E-state index is 5.72. The quantitative estimate of drug-likeness (QED) is 0.792. The van der Waals surface area contributed by atoms with Gasteiger partial charge in [0.15, 0.2) is 0 Å². The highest BCUT2D eigenvalue weighted by molar-refractivity contribution is 5.66. The molecule has 0 spiro atoms. The molecule has 1 aromatic heterocycles. The standard InChI is InChI=1S/C13H15N3/c1-8-4-6-11(7-5-8)12-9(2)10(3)13(14)16-15-12/h4-7H,1-3H3,(H2,14,16). The number of aryl methyl sites for hydroxylation is 1. The van der Waals surface area contributed by atoms with E-state index in [4.69, 9.17) is 5.73 Å². The minimum Gasteiger partial charge on any atom is -0.382 e. The summed E-state index contributed by atoms with van der Waals surface area (Å²) in [5.74, 6) is 0.508. The number of nitrogen functional groups attached to an aromatic ring is 1. The maximum atomic E-state index is 5.72. The molecule has 0 radical (unpaired) electrons. The maximum Gasteiger partial charge on any atom is 0.149 e. The molecule has 0 unspecified atom stereocenters. The molecule has 1 heterocycles. The van der Waals surface area contributed by atoms with E-state index >= 15 is 0 Å². The summed E-state index contributed by atoms with van der Waals surface area (Å²) in [4.78, 5) is 0. The van der Waals surface area contributed by atoms with Crippen molar-refractivity contribution in [2.24, 2.45) is 0 Å². The molecule has 0 aliphatic rings. The molecular formula is C13H15N3. The molecule has 0 bridgehead atoms. The lowest BCUT2D eigenvalue weighted by molar-refractivity contribution is 1.01. The van der Waals surface area contributed by atoms with Crippen molar-refractivity contribution in [1.29, 1.82) is 0 Å². The molecule has 3 heteroatoms. The van der Waals surface area contributed by atoms with Crippen molar-refractivity contribution in [2.75, 3.05) is 5.73 Å². The van der Waals surface area contributed by atoms with Gasteiger partial charge in [-0.25, -0.2) is 0 Å². The average molecular weight is 213 g/mol. The monoisotopic (exact) mass is 213 g/mol. The Morgan fingerprint density at radius 2 is 1.50 bits per heavy atom. The number of hydrogen-bond donors (Lipinski definition) is 1. The van der Waals surface area contributed by atoms with Crippen molar-refractivity contribution in [3.8, 4) is 11.3 Å². The lowest BCUT2D eigenvalue weighted by Crippen LogP contribution is -2.01. The van der Waals surface area contributed by atoms with Crippen LogP contribution in [0.4, 0.5) is 5.82 Å². The number of anilines is 1. The highest BCUT2D eigenvalue weighted by Crippen LogP contribution is 2.24. The van der Waals surface area contributed by atoms with Crippen LogP contribution in [-0.4, -0.2) is 10.2 Å². The zero-order valence-corrected chi connectivity index (χ0v) is 9.78. The zero-order valence-electron chi connectivity index (χ0n) is 9.78. The molecule has 2 rings (SSSR count). The third-order valence-electron chi connectivity index (χ3n) is 2.88. The van der Waals surface area contributed by atoms with E-state index in [1.165, 1.54) is 5.56 Å². The van der Waals surface area contributed by atoms with Crippen LogP contribution in [0.2, 0.25) is 0 Å². The number of aromatic nitrogens is 2. The van der Waals surface area contributed by atoms with Gasteiger partial charge in [0.05, 0.1) is 5.69 Å². The molecule has 0 aliphatic heterocycles. The van der Waals surface area contributed by atoms with Crippen molar-refractivity contribution < 1.29 is 0 Å². The van der Waals surface area contributed by atoms with Crippen LogP contribution in [0.25, 0.3) is 11.3 Å². The van der Waals surface area contributed by atoms with Gasteiger partial charge in [-0.2, -0.15) is 0 Å². The van der Waals surface area contributed by atoms with Crippen LogP contribution >= 0.6 is 0 Å². The van der Waals surface area contributed by atoms with E-state index in [0.717, 1.165) is 22.4 Å². The summed E-state index contributed by atoms with van der Waals surface area (Å²) >= 11 is 0. The second-order valence-electron chi connectivity index (χ2n) is 4.05. The van der Waals surface area contributed by atoms with Crippen molar-refractivity contribution in [2.45, 2.75) is 20.8 Å². The van der Waals surface area contributed by atoms with Crippen LogP contribution in [0.3, 0.4) is 0 Å². The Morgan fingerprint density at radius 3 is 2.12 bits per heavy atom. The van der Waals surface area contributed by atoms with Gasteiger partial charge in [0.2, 0.25) is 0 Å². The number of nitrogens with two attached hydrogens (primary N) is 1. The van der Waals surface area contributed by atoms with Crippen LogP contribution < -0.4 is 5.73 Å². The van der Waals surface area contributed by atoms with Gasteiger partial charge < -0.3 is 5.73 Å². The normalized spacial score (nSPS) is 10.4. The van der Waals surface area contributed by atoms with E-state index < -0.39 is 0 Å². The summed E-state index contributed by atoms with van der Waals surface area (Å²) in [5.41, 5.74) is 11.0. The fraction of sp³-hybridized carbons (Fsp3) is 0.231. The Morgan fingerprint density at radius 1 is 0.875 bits per heavy atom. The van der Waals surface area contributed by atoms with Crippen LogP contribution in [0.15, 0.2) is 24.3 Å². The van der Waals surface area contributed by atoms with E-state index in [0.29, 0.717) is 5.82 Å². The Bertz CT molecular complexity index is 515. The fourth-order valence-corrected chi connectivity index (χ4v) is 1.61. The SMILES string of the molecule is Cc1ccc(-c2nnc(N)c(C)c2C)cc1. The van der Waals surface area contributed by atoms with Gasteiger partial charge >= 0.3 is 0 Å². The van der Waals surface area contributed by atoms with E-state index in [-0.39, 0.29) is 0 Å². The van der Waals surface area contributed by atoms with Crippen molar-refractivity contribution in [3.63, 3.8) is 0 Å². The van der Waals surface area contributed by atoms with Crippen LogP contribution in [0.1, 0.15) is 16.7 Å². The van der Waals surface area contributed by atoms with Gasteiger partial charge in [0.25, 0.3) is 0 Å². The van der Waals surface area contributed by atoms with E-state index in [2.05, 4.69) is 41.4 Å². The number of hydrogen-bond acceptors (Lipinski definition) is 3. The average Bonchev–Trinajstić information content (AvgIpc) is 2.28. The molecule has 3 nitrogen and oxygen atoms in total. The van der Waals surface area contributed by atoms with Gasteiger partial charge in [-0.1, -0.05) is 29.8 Å². The van der Waals surface area contributed by atoms with Crippen molar-refractivity contribution >= 4 is 5.82 Å². The highest BCUT2D eigenvalue weighted by Gasteiger charge is 2.08. The fourth-order valence-electron chi connectivity index (χ4n) is 1.61. The molecule has 0 fully saturated rings. The first-order valence-corrected chi connectivity index (χ1v) is 5.26. The Labute approximate surface area is 95.3 Å². The Balaban J connectivity index is 2.57. The van der Waals surface area contributed by atoms with Gasteiger partial charge in [-0.15, -0.1) is 10.2 Å². The van der Waals surface area contributed by atoms with Crippen molar-refractivity contribution in [1.82, 2.24) is 10.2 Å². The molecule has 82 valence electrons. The Hall–Kier alpha value is -1.90. The number of nitrogens with zero attached hydrogens (tertiary/aromatic N) is 2. The van der Waals surface area contributed by atoms with Crippen molar-refractivity contribution in [3.05, 3.63) is 41.0 Å².